The average Bonchev–Trinajstić information content (AvgIpc) is 3.67. The Labute approximate surface area is 221 Å². The fraction of sp³-hybridized carbons (Fsp3) is 0.667. The van der Waals surface area contributed by atoms with Gasteiger partial charge in [0.2, 0.25) is 11.8 Å². The van der Waals surface area contributed by atoms with Crippen LogP contribution in [-0.4, -0.2) is 76.2 Å². The Morgan fingerprint density at radius 2 is 1.84 bits per heavy atom. The number of morpholine rings is 1. The molecule has 3 aromatic heterocycles. The zero-order valence-electron chi connectivity index (χ0n) is 21.5. The predicted octanol–water partition coefficient (Wildman–Crippen LogP) is 4.07. The number of nitrogens with zero attached hydrogens (tertiary/aromatic N) is 5. The minimum atomic E-state index is 0.208. The molecule has 2 N–H and O–H groups in total. The number of rotatable bonds is 6. The van der Waals surface area contributed by atoms with Crippen molar-refractivity contribution in [3.63, 3.8) is 0 Å². The molecule has 7 rings (SSSR count). The molecule has 1 saturated carbocycles. The lowest BCUT2D eigenvalue weighted by Gasteiger charge is -2.38. The Hall–Kier alpha value is -2.27. The van der Waals surface area contributed by atoms with Gasteiger partial charge >= 0.3 is 0 Å². The van der Waals surface area contributed by atoms with Crippen LogP contribution in [0.4, 0.5) is 11.8 Å². The van der Waals surface area contributed by atoms with E-state index in [1.165, 1.54) is 29.7 Å². The van der Waals surface area contributed by atoms with Crippen LogP contribution in [-0.2, 0) is 17.6 Å². The first-order chi connectivity index (χ1) is 18.3. The van der Waals surface area contributed by atoms with Gasteiger partial charge in [0.25, 0.3) is 0 Å². The third-order valence-corrected chi connectivity index (χ3v) is 9.73. The first kappa shape index (κ1) is 23.8. The summed E-state index contributed by atoms with van der Waals surface area (Å²) in [5.41, 5.74) is 1.42. The lowest BCUT2D eigenvalue weighted by atomic mass is 9.91. The number of piperidine rings is 1. The number of aryl methyl sites for hydroxylation is 2. The normalized spacial score (nSPS) is 25.4. The van der Waals surface area contributed by atoms with Crippen molar-refractivity contribution >= 4 is 33.3 Å². The van der Waals surface area contributed by atoms with Crippen molar-refractivity contribution in [2.24, 2.45) is 0 Å². The van der Waals surface area contributed by atoms with Crippen molar-refractivity contribution in [2.75, 3.05) is 44.7 Å². The number of fused-ring (bicyclic) bond motifs is 3. The molecule has 2 aliphatic heterocycles. The Morgan fingerprint density at radius 3 is 2.68 bits per heavy atom. The van der Waals surface area contributed by atoms with Crippen LogP contribution >= 0.6 is 11.3 Å². The zero-order valence-corrected chi connectivity index (χ0v) is 22.3. The average molecular weight is 524 g/mol. The van der Waals surface area contributed by atoms with Crippen LogP contribution in [0.3, 0.4) is 0 Å². The Kier molecular flexibility index (Phi) is 6.74. The van der Waals surface area contributed by atoms with Crippen LogP contribution in [0.2, 0.25) is 0 Å². The van der Waals surface area contributed by atoms with Gasteiger partial charge in [0.15, 0.2) is 5.82 Å². The molecule has 3 fully saturated rings. The van der Waals surface area contributed by atoms with E-state index in [1.54, 1.807) is 0 Å². The van der Waals surface area contributed by atoms with E-state index in [0.29, 0.717) is 18.0 Å². The summed E-state index contributed by atoms with van der Waals surface area (Å²) < 4.78 is 14.3. The smallest absolute Gasteiger partial charge is 0.233 e. The van der Waals surface area contributed by atoms with Gasteiger partial charge < -0.3 is 20.1 Å². The number of thiophene rings is 1. The van der Waals surface area contributed by atoms with Gasteiger partial charge in [0, 0.05) is 36.3 Å². The summed E-state index contributed by atoms with van der Waals surface area (Å²) in [6, 6.07) is 3.14. The summed E-state index contributed by atoms with van der Waals surface area (Å²) in [6.07, 6.45) is 12.5. The maximum Gasteiger partial charge on any atom is 0.233 e. The van der Waals surface area contributed by atoms with Crippen molar-refractivity contribution in [1.29, 1.82) is 0 Å². The van der Waals surface area contributed by atoms with Gasteiger partial charge in [-0.3, -0.25) is 9.58 Å². The SMILES string of the molecule is c1cn(C2CCNCC2)nc1Nc1nc(OC2CCC(N3CCOCC3)CC2)c2c3c(sc2n1)CCC3. The Morgan fingerprint density at radius 1 is 1.00 bits per heavy atom. The molecule has 0 aromatic carbocycles. The number of aromatic nitrogens is 4. The molecule has 0 spiro atoms. The molecule has 4 aliphatic rings. The molecule has 10 heteroatoms. The van der Waals surface area contributed by atoms with Crippen LogP contribution in [0, 0.1) is 0 Å². The number of hydrogen-bond donors (Lipinski definition) is 2. The topological polar surface area (TPSA) is 89.4 Å². The van der Waals surface area contributed by atoms with Crippen molar-refractivity contribution in [3.8, 4) is 5.88 Å². The van der Waals surface area contributed by atoms with E-state index in [1.807, 2.05) is 17.4 Å². The number of ether oxygens (including phenoxy) is 2. The Balaban J connectivity index is 1.10. The van der Waals surface area contributed by atoms with Crippen molar-refractivity contribution in [2.45, 2.75) is 76.0 Å². The fourth-order valence-electron chi connectivity index (χ4n) is 6.53. The lowest BCUT2D eigenvalue weighted by Crippen LogP contribution is -2.46. The van der Waals surface area contributed by atoms with Gasteiger partial charge in [0.05, 0.1) is 24.6 Å². The predicted molar refractivity (Wildman–Crippen MR) is 145 cm³/mol. The fourth-order valence-corrected chi connectivity index (χ4v) is 7.78. The minimum absolute atomic E-state index is 0.208. The van der Waals surface area contributed by atoms with E-state index in [4.69, 9.17) is 24.5 Å². The standard InChI is InChI=1S/C27H37N7O2S/c1-2-21-22(3-1)37-26-24(21)25(36-20-6-4-18(5-7-20)33-14-16-35-17-15-33)30-27(31-26)29-23-10-13-34(32-23)19-8-11-28-12-9-19/h10,13,18-20,28H,1-9,11-12,14-17H2,(H,29,30,31,32). The maximum absolute atomic E-state index is 6.71. The van der Waals surface area contributed by atoms with Crippen LogP contribution in [0.5, 0.6) is 5.88 Å². The zero-order chi connectivity index (χ0) is 24.6. The largest absolute Gasteiger partial charge is 0.474 e. The second-order valence-corrected chi connectivity index (χ2v) is 12.0. The molecule has 3 aromatic rings. The molecule has 2 saturated heterocycles. The maximum atomic E-state index is 6.71. The molecule has 9 nitrogen and oxygen atoms in total. The molecule has 5 heterocycles. The van der Waals surface area contributed by atoms with Gasteiger partial charge in [-0.2, -0.15) is 10.1 Å². The summed E-state index contributed by atoms with van der Waals surface area (Å²) in [5.74, 6) is 2.14. The quantitative estimate of drug-likeness (QED) is 0.500. The van der Waals surface area contributed by atoms with E-state index in [2.05, 4.69) is 26.4 Å². The minimum Gasteiger partial charge on any atom is -0.474 e. The van der Waals surface area contributed by atoms with Crippen LogP contribution < -0.4 is 15.4 Å². The van der Waals surface area contributed by atoms with Crippen molar-refractivity contribution in [3.05, 3.63) is 22.7 Å². The van der Waals surface area contributed by atoms with Gasteiger partial charge in [-0.15, -0.1) is 11.3 Å². The van der Waals surface area contributed by atoms with E-state index in [0.717, 1.165) is 99.8 Å². The first-order valence-electron chi connectivity index (χ1n) is 14.1. The monoisotopic (exact) mass is 523 g/mol. The van der Waals surface area contributed by atoms with Crippen LogP contribution in [0.15, 0.2) is 12.3 Å². The van der Waals surface area contributed by atoms with Crippen LogP contribution in [0.25, 0.3) is 10.2 Å². The molecule has 0 unspecified atom stereocenters. The highest BCUT2D eigenvalue weighted by atomic mass is 32.1. The molecule has 0 radical (unpaired) electrons. The summed E-state index contributed by atoms with van der Waals surface area (Å²) in [7, 11) is 0. The molecule has 198 valence electrons. The van der Waals surface area contributed by atoms with E-state index < -0.39 is 0 Å². The van der Waals surface area contributed by atoms with E-state index in [-0.39, 0.29) is 6.10 Å². The Bertz CT molecular complexity index is 1220. The molecule has 0 bridgehead atoms. The van der Waals surface area contributed by atoms with Crippen LogP contribution in [0.1, 0.15) is 61.4 Å². The molecule has 37 heavy (non-hydrogen) atoms. The highest BCUT2D eigenvalue weighted by molar-refractivity contribution is 7.19. The van der Waals surface area contributed by atoms with Gasteiger partial charge in [-0.25, -0.2) is 4.98 Å². The summed E-state index contributed by atoms with van der Waals surface area (Å²) in [6.45, 7) is 5.95. The van der Waals surface area contributed by atoms with Crippen molar-refractivity contribution < 1.29 is 9.47 Å². The molecular formula is C27H37N7O2S. The summed E-state index contributed by atoms with van der Waals surface area (Å²) in [4.78, 5) is 15.0. The third-order valence-electron chi connectivity index (χ3n) is 8.55. The lowest BCUT2D eigenvalue weighted by molar-refractivity contribution is -0.00124. The third kappa shape index (κ3) is 4.96. The van der Waals surface area contributed by atoms with E-state index >= 15 is 0 Å². The molecule has 2 aliphatic carbocycles. The second-order valence-electron chi connectivity index (χ2n) is 10.9. The second kappa shape index (κ2) is 10.5. The molecule has 0 atom stereocenters. The highest BCUT2D eigenvalue weighted by Crippen LogP contribution is 2.42. The van der Waals surface area contributed by atoms with Crippen molar-refractivity contribution in [1.82, 2.24) is 30.0 Å². The number of anilines is 2. The number of nitrogens with one attached hydrogen (secondary N) is 2. The van der Waals surface area contributed by atoms with Gasteiger partial charge in [-0.1, -0.05) is 0 Å². The summed E-state index contributed by atoms with van der Waals surface area (Å²) >= 11 is 1.81. The van der Waals surface area contributed by atoms with E-state index in [9.17, 15) is 0 Å². The van der Waals surface area contributed by atoms with Gasteiger partial charge in [0.1, 0.15) is 10.9 Å². The molecular weight excluding hydrogens is 486 g/mol. The number of hydrogen-bond acceptors (Lipinski definition) is 9. The highest BCUT2D eigenvalue weighted by Gasteiger charge is 2.30. The first-order valence-corrected chi connectivity index (χ1v) is 15.0. The van der Waals surface area contributed by atoms with Gasteiger partial charge in [-0.05, 0) is 76.4 Å². The summed E-state index contributed by atoms with van der Waals surface area (Å²) in [5, 5.41) is 12.8. The molecule has 0 amide bonds.